The van der Waals surface area contributed by atoms with Crippen molar-refractivity contribution in [2.24, 2.45) is 5.73 Å². The summed E-state index contributed by atoms with van der Waals surface area (Å²) in [5.41, 5.74) is 7.07. The monoisotopic (exact) mass is 263 g/mol. The maximum Gasteiger partial charge on any atom is 0.225 e. The smallest absolute Gasteiger partial charge is 0.225 e. The molecule has 5 heteroatoms. The molecule has 19 heavy (non-hydrogen) atoms. The molecular weight excluding hydrogens is 238 g/mol. The zero-order chi connectivity index (χ0) is 13.8. The second-order valence-corrected chi connectivity index (χ2v) is 5.62. The number of aromatic nitrogens is 2. The molecule has 1 aliphatic heterocycles. The van der Waals surface area contributed by atoms with Crippen LogP contribution in [0.2, 0.25) is 0 Å². The Hall–Kier alpha value is -1.20. The predicted molar refractivity (Wildman–Crippen MR) is 78.3 cm³/mol. The molecule has 1 aliphatic rings. The topological polar surface area (TPSA) is 58.3 Å². The number of nitrogens with two attached hydrogens (primary N) is 1. The zero-order valence-corrected chi connectivity index (χ0v) is 12.2. The van der Waals surface area contributed by atoms with Crippen LogP contribution in [-0.2, 0) is 6.42 Å². The van der Waals surface area contributed by atoms with Crippen molar-refractivity contribution in [2.45, 2.75) is 38.3 Å². The zero-order valence-electron chi connectivity index (χ0n) is 12.2. The molecule has 1 fully saturated rings. The molecule has 1 aromatic rings. The first-order valence-electron chi connectivity index (χ1n) is 7.08. The highest BCUT2D eigenvalue weighted by atomic mass is 15.3. The third kappa shape index (κ3) is 3.64. The number of nitrogens with zero attached hydrogens (tertiary/aromatic N) is 4. The average Bonchev–Trinajstić information content (AvgIpc) is 2.89. The van der Waals surface area contributed by atoms with Crippen LogP contribution in [-0.4, -0.2) is 54.1 Å². The van der Waals surface area contributed by atoms with E-state index in [0.29, 0.717) is 6.04 Å². The van der Waals surface area contributed by atoms with Gasteiger partial charge in [0.1, 0.15) is 0 Å². The summed E-state index contributed by atoms with van der Waals surface area (Å²) in [5, 5.41) is 0. The van der Waals surface area contributed by atoms with E-state index in [1.807, 2.05) is 12.4 Å². The summed E-state index contributed by atoms with van der Waals surface area (Å²) in [6, 6.07) is 0.816. The van der Waals surface area contributed by atoms with Crippen molar-refractivity contribution in [1.29, 1.82) is 0 Å². The van der Waals surface area contributed by atoms with Gasteiger partial charge in [-0.25, -0.2) is 9.97 Å². The molecule has 2 rings (SSSR count). The molecule has 0 spiro atoms. The number of anilines is 1. The summed E-state index contributed by atoms with van der Waals surface area (Å²) >= 11 is 0. The number of rotatable bonds is 5. The highest BCUT2D eigenvalue weighted by molar-refractivity contribution is 5.32. The lowest BCUT2D eigenvalue weighted by atomic mass is 10.1. The fourth-order valence-electron chi connectivity index (χ4n) is 2.41. The Morgan fingerprint density at radius 3 is 2.63 bits per heavy atom. The summed E-state index contributed by atoms with van der Waals surface area (Å²) in [6.07, 6.45) is 6.86. The van der Waals surface area contributed by atoms with Gasteiger partial charge in [-0.2, -0.15) is 0 Å². The molecule has 0 amide bonds. The van der Waals surface area contributed by atoms with Crippen LogP contribution in [0, 0.1) is 0 Å². The first kappa shape index (κ1) is 14.2. The van der Waals surface area contributed by atoms with E-state index >= 15 is 0 Å². The van der Waals surface area contributed by atoms with Crippen molar-refractivity contribution in [3.05, 3.63) is 18.0 Å². The van der Waals surface area contributed by atoms with E-state index in [1.165, 1.54) is 6.42 Å². The fraction of sp³-hybridized carbons (Fsp3) is 0.714. The second-order valence-electron chi connectivity index (χ2n) is 5.62. The van der Waals surface area contributed by atoms with Crippen molar-refractivity contribution in [3.8, 4) is 0 Å². The van der Waals surface area contributed by atoms with Crippen molar-refractivity contribution in [2.75, 3.05) is 32.1 Å². The molecular formula is C14H25N5. The van der Waals surface area contributed by atoms with Gasteiger partial charge in [0.2, 0.25) is 5.95 Å². The molecule has 106 valence electrons. The highest BCUT2D eigenvalue weighted by Gasteiger charge is 2.25. The number of hydrogen-bond donors (Lipinski definition) is 1. The van der Waals surface area contributed by atoms with E-state index in [9.17, 15) is 0 Å². The molecule has 1 aromatic heterocycles. The third-order valence-corrected chi connectivity index (χ3v) is 3.89. The minimum Gasteiger partial charge on any atom is -0.339 e. The Morgan fingerprint density at radius 2 is 2.11 bits per heavy atom. The van der Waals surface area contributed by atoms with Crippen LogP contribution in [0.25, 0.3) is 0 Å². The molecule has 1 saturated heterocycles. The van der Waals surface area contributed by atoms with Gasteiger partial charge in [0.05, 0.1) is 0 Å². The molecule has 0 saturated carbocycles. The fourth-order valence-corrected chi connectivity index (χ4v) is 2.41. The van der Waals surface area contributed by atoms with Gasteiger partial charge >= 0.3 is 0 Å². The lowest BCUT2D eigenvalue weighted by molar-refractivity contribution is 0.315. The lowest BCUT2D eigenvalue weighted by Gasteiger charge is -2.20. The quantitative estimate of drug-likeness (QED) is 0.855. The van der Waals surface area contributed by atoms with E-state index in [1.54, 1.807) is 0 Å². The van der Waals surface area contributed by atoms with E-state index in [-0.39, 0.29) is 6.04 Å². The summed E-state index contributed by atoms with van der Waals surface area (Å²) in [6.45, 7) is 4.16. The Bertz CT molecular complexity index is 389. The minimum absolute atomic E-state index is 0.208. The van der Waals surface area contributed by atoms with Gasteiger partial charge in [0, 0.05) is 37.6 Å². The number of hydrogen-bond acceptors (Lipinski definition) is 5. The van der Waals surface area contributed by atoms with Crippen LogP contribution in [0.5, 0.6) is 0 Å². The summed E-state index contributed by atoms with van der Waals surface area (Å²) in [4.78, 5) is 13.5. The molecule has 0 radical (unpaired) electrons. The Balaban J connectivity index is 1.95. The molecule has 2 N–H and O–H groups in total. The third-order valence-electron chi connectivity index (χ3n) is 3.89. The summed E-state index contributed by atoms with van der Waals surface area (Å²) < 4.78 is 0. The summed E-state index contributed by atoms with van der Waals surface area (Å²) in [5.74, 6) is 0.846. The predicted octanol–water partition coefficient (Wildman–Crippen LogP) is 0.897. The largest absolute Gasteiger partial charge is 0.339 e. The van der Waals surface area contributed by atoms with Crippen molar-refractivity contribution < 1.29 is 0 Å². The normalized spacial score (nSPS) is 21.1. The minimum atomic E-state index is 0.208. The van der Waals surface area contributed by atoms with Gasteiger partial charge in [-0.3, -0.25) is 0 Å². The van der Waals surface area contributed by atoms with Crippen molar-refractivity contribution in [3.63, 3.8) is 0 Å². The molecule has 0 aromatic carbocycles. The second kappa shape index (κ2) is 6.30. The van der Waals surface area contributed by atoms with Crippen LogP contribution in [0.4, 0.5) is 5.95 Å². The van der Waals surface area contributed by atoms with Crippen LogP contribution in [0.1, 0.15) is 25.3 Å². The summed E-state index contributed by atoms with van der Waals surface area (Å²) in [7, 11) is 4.26. The molecule has 0 bridgehead atoms. The Morgan fingerprint density at radius 1 is 1.42 bits per heavy atom. The lowest BCUT2D eigenvalue weighted by Crippen LogP contribution is -2.32. The van der Waals surface area contributed by atoms with E-state index in [4.69, 9.17) is 5.73 Å². The Kier molecular flexibility index (Phi) is 4.71. The van der Waals surface area contributed by atoms with Crippen LogP contribution >= 0.6 is 0 Å². The van der Waals surface area contributed by atoms with E-state index < -0.39 is 0 Å². The van der Waals surface area contributed by atoms with Crippen molar-refractivity contribution >= 4 is 5.95 Å². The molecule has 5 nitrogen and oxygen atoms in total. The maximum atomic E-state index is 5.95. The van der Waals surface area contributed by atoms with Gasteiger partial charge in [0.25, 0.3) is 0 Å². The first-order valence-corrected chi connectivity index (χ1v) is 7.08. The molecule has 2 unspecified atom stereocenters. The maximum absolute atomic E-state index is 5.95. The van der Waals surface area contributed by atoms with Gasteiger partial charge in [0.15, 0.2) is 0 Å². The first-order chi connectivity index (χ1) is 9.10. The van der Waals surface area contributed by atoms with Gasteiger partial charge < -0.3 is 15.5 Å². The Labute approximate surface area is 115 Å². The molecule has 2 atom stereocenters. The van der Waals surface area contributed by atoms with Gasteiger partial charge in [-0.05, 0) is 38.9 Å². The standard InChI is InChI=1S/C14H25N5/c1-4-12(15)7-11-8-16-14(17-9-11)19-6-5-13(10-19)18(2)3/h8-9,12-13H,4-7,10,15H2,1-3H3. The molecule has 0 aliphatic carbocycles. The van der Waals surface area contributed by atoms with Crippen LogP contribution in [0.3, 0.4) is 0 Å². The van der Waals surface area contributed by atoms with Gasteiger partial charge in [-0.15, -0.1) is 0 Å². The van der Waals surface area contributed by atoms with Crippen molar-refractivity contribution in [1.82, 2.24) is 14.9 Å². The molecule has 2 heterocycles. The number of likely N-dealkylation sites (N-methyl/N-ethyl adjacent to an activating group) is 1. The SMILES string of the molecule is CCC(N)Cc1cnc(N2CCC(N(C)C)C2)nc1. The van der Waals surface area contributed by atoms with Gasteiger partial charge in [-0.1, -0.05) is 6.92 Å². The highest BCUT2D eigenvalue weighted by Crippen LogP contribution is 2.18. The van der Waals surface area contributed by atoms with E-state index in [0.717, 1.165) is 37.4 Å². The van der Waals surface area contributed by atoms with Crippen LogP contribution < -0.4 is 10.6 Å². The average molecular weight is 263 g/mol. The van der Waals surface area contributed by atoms with E-state index in [2.05, 4.69) is 40.8 Å². The van der Waals surface area contributed by atoms with Crippen LogP contribution in [0.15, 0.2) is 12.4 Å².